The molecule has 21 heavy (non-hydrogen) atoms. The number of nitrogens with one attached hydrogen (secondary N) is 1. The summed E-state index contributed by atoms with van der Waals surface area (Å²) in [6.07, 6.45) is 1.29. The van der Waals surface area contributed by atoms with Crippen molar-refractivity contribution >= 4 is 34.3 Å². The van der Waals surface area contributed by atoms with Crippen molar-refractivity contribution in [3.63, 3.8) is 0 Å². The third-order valence-corrected chi connectivity index (χ3v) is 5.11. The fraction of sp³-hybridized carbons (Fsp3) is 0.312. The normalized spacial score (nSPS) is 15.2. The predicted octanol–water partition coefficient (Wildman–Crippen LogP) is 3.41. The van der Waals surface area contributed by atoms with Crippen LogP contribution >= 0.6 is 11.3 Å². The van der Waals surface area contributed by atoms with Gasteiger partial charge in [0.05, 0.1) is 17.4 Å². The molecule has 1 aromatic heterocycles. The molecule has 0 fully saturated rings. The number of hydrogen-bond donors (Lipinski definition) is 2. The zero-order valence-electron chi connectivity index (χ0n) is 12.2. The van der Waals surface area contributed by atoms with Gasteiger partial charge in [-0.1, -0.05) is 6.07 Å². The highest BCUT2D eigenvalue weighted by Crippen LogP contribution is 2.36. The minimum atomic E-state index is 0.0761. The average molecular weight is 301 g/mol. The van der Waals surface area contributed by atoms with Crippen molar-refractivity contribution in [3.05, 3.63) is 40.1 Å². The van der Waals surface area contributed by atoms with Crippen molar-refractivity contribution < 1.29 is 4.79 Å². The van der Waals surface area contributed by atoms with Crippen LogP contribution in [-0.4, -0.2) is 13.0 Å². The van der Waals surface area contributed by atoms with E-state index >= 15 is 0 Å². The molecule has 1 unspecified atom stereocenters. The molecule has 0 saturated carbocycles. The van der Waals surface area contributed by atoms with Crippen LogP contribution in [0.5, 0.6) is 0 Å². The first-order chi connectivity index (χ1) is 10.1. The molecular weight excluding hydrogens is 282 g/mol. The molecule has 2 aromatic rings. The van der Waals surface area contributed by atoms with E-state index in [2.05, 4.69) is 34.7 Å². The monoisotopic (exact) mass is 301 g/mol. The quantitative estimate of drug-likeness (QED) is 0.854. The van der Waals surface area contributed by atoms with Gasteiger partial charge in [-0.15, -0.1) is 11.3 Å². The Hall–Kier alpha value is -2.01. The van der Waals surface area contributed by atoms with Crippen LogP contribution in [0.4, 0.5) is 17.1 Å². The number of thiophene rings is 1. The van der Waals surface area contributed by atoms with E-state index in [1.807, 2.05) is 19.2 Å². The van der Waals surface area contributed by atoms with Crippen LogP contribution in [0.2, 0.25) is 0 Å². The van der Waals surface area contributed by atoms with Crippen molar-refractivity contribution in [2.45, 2.75) is 25.8 Å². The van der Waals surface area contributed by atoms with E-state index < -0.39 is 0 Å². The summed E-state index contributed by atoms with van der Waals surface area (Å²) in [6, 6.07) is 8.40. The zero-order chi connectivity index (χ0) is 15.0. The van der Waals surface area contributed by atoms with Crippen molar-refractivity contribution in [2.75, 3.05) is 23.0 Å². The van der Waals surface area contributed by atoms with Crippen molar-refractivity contribution in [2.24, 2.45) is 0 Å². The molecule has 3 N–H and O–H groups in total. The number of rotatable bonds is 3. The summed E-state index contributed by atoms with van der Waals surface area (Å²) < 4.78 is 0. The van der Waals surface area contributed by atoms with E-state index in [1.165, 1.54) is 4.88 Å². The van der Waals surface area contributed by atoms with Gasteiger partial charge in [0.2, 0.25) is 5.91 Å². The van der Waals surface area contributed by atoms with Gasteiger partial charge in [-0.2, -0.15) is 0 Å². The van der Waals surface area contributed by atoms with Crippen LogP contribution < -0.4 is 16.0 Å². The van der Waals surface area contributed by atoms with Crippen LogP contribution in [0, 0.1) is 0 Å². The highest BCUT2D eigenvalue weighted by molar-refractivity contribution is 7.10. The summed E-state index contributed by atoms with van der Waals surface area (Å²) in [5, 5.41) is 5.02. The molecule has 1 aliphatic rings. The number of carbonyl (C=O) groups excluding carboxylic acids is 1. The number of nitrogen functional groups attached to an aromatic ring is 1. The number of hydrogen-bond acceptors (Lipinski definition) is 4. The molecule has 1 aliphatic heterocycles. The molecule has 5 heteroatoms. The lowest BCUT2D eigenvalue weighted by atomic mass is 10.0. The average Bonchev–Trinajstić information content (AvgIpc) is 2.99. The van der Waals surface area contributed by atoms with Gasteiger partial charge in [0.1, 0.15) is 0 Å². The van der Waals surface area contributed by atoms with Gasteiger partial charge < -0.3 is 16.0 Å². The van der Waals surface area contributed by atoms with E-state index in [-0.39, 0.29) is 11.9 Å². The second kappa shape index (κ2) is 5.41. The molecule has 0 spiro atoms. The first-order valence-electron chi connectivity index (χ1n) is 7.04. The maximum Gasteiger partial charge on any atom is 0.224 e. The highest BCUT2D eigenvalue weighted by atomic mass is 32.1. The molecule has 1 amide bonds. The first-order valence-corrected chi connectivity index (χ1v) is 7.92. The molecule has 1 aromatic carbocycles. The maximum absolute atomic E-state index is 11.6. The molecule has 110 valence electrons. The van der Waals surface area contributed by atoms with Crippen LogP contribution in [0.1, 0.15) is 29.8 Å². The van der Waals surface area contributed by atoms with Gasteiger partial charge in [0.15, 0.2) is 0 Å². The van der Waals surface area contributed by atoms with Crippen molar-refractivity contribution in [1.29, 1.82) is 0 Å². The maximum atomic E-state index is 11.6. The highest BCUT2D eigenvalue weighted by Gasteiger charge is 2.20. The fourth-order valence-electron chi connectivity index (χ4n) is 2.67. The van der Waals surface area contributed by atoms with Gasteiger partial charge in [0.25, 0.3) is 0 Å². The lowest BCUT2D eigenvalue weighted by molar-refractivity contribution is -0.116. The molecule has 2 heterocycles. The van der Waals surface area contributed by atoms with E-state index in [4.69, 9.17) is 5.73 Å². The summed E-state index contributed by atoms with van der Waals surface area (Å²) in [6.45, 7) is 2.16. The molecular formula is C16H19N3OS. The molecule has 1 atom stereocenters. The second-order valence-electron chi connectivity index (χ2n) is 5.42. The minimum absolute atomic E-state index is 0.0761. The summed E-state index contributed by atoms with van der Waals surface area (Å²) in [7, 11) is 2.03. The van der Waals surface area contributed by atoms with Gasteiger partial charge >= 0.3 is 0 Å². The van der Waals surface area contributed by atoms with Gasteiger partial charge in [-0.05, 0) is 42.5 Å². The lowest BCUT2D eigenvalue weighted by Gasteiger charge is -2.29. The smallest absolute Gasteiger partial charge is 0.224 e. The predicted molar refractivity (Wildman–Crippen MR) is 88.9 cm³/mol. The Balaban J connectivity index is 1.94. The van der Waals surface area contributed by atoms with E-state index in [1.54, 1.807) is 11.3 Å². The van der Waals surface area contributed by atoms with E-state index in [9.17, 15) is 4.79 Å². The summed E-state index contributed by atoms with van der Waals surface area (Å²) in [4.78, 5) is 15.0. The summed E-state index contributed by atoms with van der Waals surface area (Å²) >= 11 is 1.74. The minimum Gasteiger partial charge on any atom is -0.397 e. The number of nitrogens with two attached hydrogens (primary N) is 1. The lowest BCUT2D eigenvalue weighted by Crippen LogP contribution is -2.24. The SMILES string of the molecule is CC(c1cccs1)N(C)c1cc2c(cc1N)CCC(=O)N2. The molecule has 0 bridgehead atoms. The Labute approximate surface area is 128 Å². The van der Waals surface area contributed by atoms with Crippen molar-refractivity contribution in [3.8, 4) is 0 Å². The van der Waals surface area contributed by atoms with Crippen molar-refractivity contribution in [1.82, 2.24) is 0 Å². The first kappa shape index (κ1) is 13.9. The van der Waals surface area contributed by atoms with Gasteiger partial charge in [-0.3, -0.25) is 4.79 Å². The Bertz CT molecular complexity index is 666. The second-order valence-corrected chi connectivity index (χ2v) is 6.40. The fourth-order valence-corrected chi connectivity index (χ4v) is 3.50. The number of benzene rings is 1. The Kier molecular flexibility index (Phi) is 3.59. The molecule has 0 radical (unpaired) electrons. The largest absolute Gasteiger partial charge is 0.397 e. The molecule has 0 aliphatic carbocycles. The Morgan fingerprint density at radius 3 is 2.90 bits per heavy atom. The van der Waals surface area contributed by atoms with E-state index in [0.29, 0.717) is 6.42 Å². The Morgan fingerprint density at radius 2 is 2.19 bits per heavy atom. The molecule has 0 saturated heterocycles. The summed E-state index contributed by atoms with van der Waals surface area (Å²) in [5.74, 6) is 0.0761. The number of amides is 1. The van der Waals surface area contributed by atoms with Crippen LogP contribution in [0.15, 0.2) is 29.6 Å². The number of carbonyl (C=O) groups is 1. The third-order valence-electron chi connectivity index (χ3n) is 4.06. The van der Waals surface area contributed by atoms with Gasteiger partial charge in [0, 0.05) is 24.0 Å². The Morgan fingerprint density at radius 1 is 1.38 bits per heavy atom. The number of anilines is 3. The zero-order valence-corrected chi connectivity index (χ0v) is 13.0. The van der Waals surface area contributed by atoms with Crippen LogP contribution in [-0.2, 0) is 11.2 Å². The van der Waals surface area contributed by atoms with Gasteiger partial charge in [-0.25, -0.2) is 0 Å². The van der Waals surface area contributed by atoms with Crippen LogP contribution in [0.3, 0.4) is 0 Å². The molecule has 3 rings (SSSR count). The topological polar surface area (TPSA) is 58.4 Å². The molecule has 4 nitrogen and oxygen atoms in total. The third kappa shape index (κ3) is 2.61. The van der Waals surface area contributed by atoms with Crippen LogP contribution in [0.25, 0.3) is 0 Å². The number of aryl methyl sites for hydroxylation is 1. The number of nitrogens with zero attached hydrogens (tertiary/aromatic N) is 1. The van der Waals surface area contributed by atoms with E-state index in [0.717, 1.165) is 29.0 Å². The standard InChI is InChI=1S/C16H19N3OS/c1-10(15-4-3-7-21-15)19(2)14-9-13-11(8-12(14)17)5-6-16(20)18-13/h3-4,7-10H,5-6,17H2,1-2H3,(H,18,20). The number of fused-ring (bicyclic) bond motifs is 1. The summed E-state index contributed by atoms with van der Waals surface area (Å²) in [5.41, 5.74) is 9.94.